The van der Waals surface area contributed by atoms with Crippen LogP contribution in [-0.4, -0.2) is 32.0 Å². The summed E-state index contributed by atoms with van der Waals surface area (Å²) >= 11 is 0. The molecule has 0 saturated heterocycles. The molecule has 0 radical (unpaired) electrons. The number of nitrogens with two attached hydrogens (primary N) is 1. The normalized spacial score (nSPS) is 26.6. The monoisotopic (exact) mass is 293 g/mol. The summed E-state index contributed by atoms with van der Waals surface area (Å²) < 4.78 is 1.71. The zero-order valence-corrected chi connectivity index (χ0v) is 12.5. The van der Waals surface area contributed by atoms with Gasteiger partial charge in [0, 0.05) is 13.2 Å². The molecule has 1 aliphatic rings. The van der Waals surface area contributed by atoms with Crippen molar-refractivity contribution in [2.24, 2.45) is 23.9 Å². The second-order valence-electron chi connectivity index (χ2n) is 5.80. The van der Waals surface area contributed by atoms with Crippen LogP contribution in [0.5, 0.6) is 0 Å². The molecule has 1 saturated carbocycles. The Bertz CT molecular complexity index is 529. The van der Waals surface area contributed by atoms with Crippen molar-refractivity contribution < 1.29 is 10.0 Å². The van der Waals surface area contributed by atoms with Crippen molar-refractivity contribution in [1.29, 1.82) is 0 Å². The van der Waals surface area contributed by atoms with Gasteiger partial charge in [-0.25, -0.2) is 4.98 Å². The van der Waals surface area contributed by atoms with Gasteiger partial charge in [-0.2, -0.15) is 0 Å². The third kappa shape index (κ3) is 3.17. The van der Waals surface area contributed by atoms with E-state index < -0.39 is 5.54 Å². The number of nitrogens with one attached hydrogen (secondary N) is 1. The maximum Gasteiger partial charge on any atom is 0.272 e. The van der Waals surface area contributed by atoms with E-state index in [4.69, 9.17) is 10.9 Å². The minimum Gasteiger partial charge on any atom is -0.409 e. The molecule has 1 aromatic heterocycles. The van der Waals surface area contributed by atoms with Gasteiger partial charge in [-0.3, -0.25) is 4.79 Å². The summed E-state index contributed by atoms with van der Waals surface area (Å²) in [5, 5.41) is 15.1. The van der Waals surface area contributed by atoms with Crippen molar-refractivity contribution in [2.45, 2.75) is 44.6 Å². The van der Waals surface area contributed by atoms with Gasteiger partial charge in [0.15, 0.2) is 5.84 Å². The molecular weight excluding hydrogens is 270 g/mol. The Labute approximate surface area is 124 Å². The number of amidine groups is 1. The summed E-state index contributed by atoms with van der Waals surface area (Å²) in [6, 6.07) is 0. The molecule has 1 fully saturated rings. The van der Waals surface area contributed by atoms with E-state index in [0.29, 0.717) is 24.5 Å². The number of aromatic nitrogens is 2. The van der Waals surface area contributed by atoms with Crippen molar-refractivity contribution in [1.82, 2.24) is 14.9 Å². The van der Waals surface area contributed by atoms with Crippen LogP contribution < -0.4 is 11.1 Å². The van der Waals surface area contributed by atoms with Crippen molar-refractivity contribution in [3.8, 4) is 0 Å². The van der Waals surface area contributed by atoms with E-state index in [1.807, 2.05) is 0 Å². The van der Waals surface area contributed by atoms with Crippen LogP contribution in [0.1, 0.15) is 49.5 Å². The zero-order chi connectivity index (χ0) is 15.5. The lowest BCUT2D eigenvalue weighted by molar-refractivity contribution is 0.0890. The Morgan fingerprint density at radius 2 is 2.29 bits per heavy atom. The van der Waals surface area contributed by atoms with Crippen LogP contribution >= 0.6 is 0 Å². The summed E-state index contributed by atoms with van der Waals surface area (Å²) in [4.78, 5) is 16.4. The molecule has 0 atom stereocenters. The third-order valence-corrected chi connectivity index (χ3v) is 4.42. The number of rotatable bonds is 4. The number of oxime groups is 1. The largest absolute Gasteiger partial charge is 0.409 e. The van der Waals surface area contributed by atoms with Crippen molar-refractivity contribution in [3.05, 3.63) is 18.2 Å². The smallest absolute Gasteiger partial charge is 0.272 e. The first-order chi connectivity index (χ1) is 10.0. The second kappa shape index (κ2) is 6.15. The van der Waals surface area contributed by atoms with Crippen LogP contribution in [-0.2, 0) is 7.05 Å². The number of carbonyl (C=O) groups excluding carboxylic acids is 1. The summed E-state index contributed by atoms with van der Waals surface area (Å²) in [6.07, 6.45) is 7.59. The van der Waals surface area contributed by atoms with Gasteiger partial charge in [-0.15, -0.1) is 0 Å². The van der Waals surface area contributed by atoms with E-state index in [-0.39, 0.29) is 11.7 Å². The molecule has 0 spiro atoms. The number of imidazole rings is 1. The highest BCUT2D eigenvalue weighted by Gasteiger charge is 2.40. The van der Waals surface area contributed by atoms with Crippen LogP contribution in [0, 0.1) is 5.92 Å². The number of hydrogen-bond acceptors (Lipinski definition) is 4. The first-order valence-electron chi connectivity index (χ1n) is 7.29. The van der Waals surface area contributed by atoms with Crippen molar-refractivity contribution >= 4 is 11.7 Å². The summed E-state index contributed by atoms with van der Waals surface area (Å²) in [5.74, 6) is 0.412. The summed E-state index contributed by atoms with van der Waals surface area (Å²) in [5.41, 5.74) is 5.43. The highest BCUT2D eigenvalue weighted by Crippen LogP contribution is 2.34. The second-order valence-corrected chi connectivity index (χ2v) is 5.80. The molecular formula is C14H23N5O2. The van der Waals surface area contributed by atoms with Gasteiger partial charge in [-0.05, 0) is 31.6 Å². The van der Waals surface area contributed by atoms with E-state index in [2.05, 4.69) is 22.4 Å². The Kier molecular flexibility index (Phi) is 4.50. The predicted molar refractivity (Wildman–Crippen MR) is 79.1 cm³/mol. The van der Waals surface area contributed by atoms with Gasteiger partial charge in [0.05, 0.1) is 6.33 Å². The maximum atomic E-state index is 12.3. The first-order valence-corrected chi connectivity index (χ1v) is 7.29. The molecule has 2 rings (SSSR count). The van der Waals surface area contributed by atoms with Gasteiger partial charge in [-0.1, -0.05) is 18.5 Å². The van der Waals surface area contributed by atoms with Gasteiger partial charge in [0.25, 0.3) is 5.91 Å². The number of nitrogens with zero attached hydrogens (tertiary/aromatic N) is 3. The molecule has 1 heterocycles. The lowest BCUT2D eigenvalue weighted by Crippen LogP contribution is -2.59. The molecule has 7 nitrogen and oxygen atoms in total. The topological polar surface area (TPSA) is 106 Å². The van der Waals surface area contributed by atoms with E-state index in [0.717, 1.165) is 19.3 Å². The summed E-state index contributed by atoms with van der Waals surface area (Å²) in [7, 11) is 1.80. The quantitative estimate of drug-likeness (QED) is 0.336. The summed E-state index contributed by atoms with van der Waals surface area (Å²) in [6.45, 7) is 2.16. The predicted octanol–water partition coefficient (Wildman–Crippen LogP) is 1.24. The molecule has 1 aromatic rings. The lowest BCUT2D eigenvalue weighted by Gasteiger charge is -2.39. The molecule has 0 aliphatic heterocycles. The van der Waals surface area contributed by atoms with Crippen molar-refractivity contribution in [3.63, 3.8) is 0 Å². The minimum atomic E-state index is -0.769. The third-order valence-electron chi connectivity index (χ3n) is 4.42. The fraction of sp³-hybridized carbons (Fsp3) is 0.643. The fourth-order valence-corrected chi connectivity index (χ4v) is 2.93. The van der Waals surface area contributed by atoms with Gasteiger partial charge < -0.3 is 20.8 Å². The molecule has 7 heteroatoms. The standard InChI is InChI=1S/C14H23N5O2/c1-3-10-4-6-14(7-5-10,13(15)18-21)17-12(20)11-8-19(2)9-16-11/h8-10,21H,3-7H2,1-2H3,(H2,15,18)(H,17,20). The molecule has 4 N–H and O–H groups in total. The van der Waals surface area contributed by atoms with Crippen LogP contribution in [0.15, 0.2) is 17.7 Å². The average Bonchev–Trinajstić information content (AvgIpc) is 2.93. The number of amides is 1. The average molecular weight is 293 g/mol. The van der Waals surface area contributed by atoms with Crippen LogP contribution in [0.2, 0.25) is 0 Å². The van der Waals surface area contributed by atoms with E-state index in [1.54, 1.807) is 24.1 Å². The van der Waals surface area contributed by atoms with Crippen LogP contribution in [0.4, 0.5) is 0 Å². The van der Waals surface area contributed by atoms with Gasteiger partial charge >= 0.3 is 0 Å². The zero-order valence-electron chi connectivity index (χ0n) is 12.5. The molecule has 116 valence electrons. The van der Waals surface area contributed by atoms with E-state index in [9.17, 15) is 4.79 Å². The Morgan fingerprint density at radius 3 is 2.76 bits per heavy atom. The van der Waals surface area contributed by atoms with Crippen LogP contribution in [0.3, 0.4) is 0 Å². The minimum absolute atomic E-state index is 0.0707. The first kappa shape index (κ1) is 15.3. The van der Waals surface area contributed by atoms with Gasteiger partial charge in [0.1, 0.15) is 11.2 Å². The molecule has 1 amide bonds. The molecule has 0 bridgehead atoms. The highest BCUT2D eigenvalue weighted by atomic mass is 16.4. The maximum absolute atomic E-state index is 12.3. The molecule has 0 unspecified atom stereocenters. The fourth-order valence-electron chi connectivity index (χ4n) is 2.93. The van der Waals surface area contributed by atoms with E-state index >= 15 is 0 Å². The SMILES string of the molecule is CCC1CCC(NC(=O)c2cn(C)cn2)(C(N)=NO)CC1. The van der Waals surface area contributed by atoms with Crippen molar-refractivity contribution in [2.75, 3.05) is 0 Å². The van der Waals surface area contributed by atoms with E-state index in [1.165, 1.54) is 0 Å². The Morgan fingerprint density at radius 1 is 1.62 bits per heavy atom. The van der Waals surface area contributed by atoms with Crippen LogP contribution in [0.25, 0.3) is 0 Å². The Balaban J connectivity index is 2.16. The van der Waals surface area contributed by atoms with Gasteiger partial charge in [0.2, 0.25) is 0 Å². The molecule has 0 aromatic carbocycles. The lowest BCUT2D eigenvalue weighted by atomic mass is 9.75. The molecule has 21 heavy (non-hydrogen) atoms. The Hall–Kier alpha value is -2.05. The number of hydrogen-bond donors (Lipinski definition) is 3. The number of carbonyl (C=O) groups is 1. The highest BCUT2D eigenvalue weighted by molar-refractivity contribution is 5.99. The number of aryl methyl sites for hydroxylation is 1. The molecule has 1 aliphatic carbocycles.